The number of hydrogen-bond donors (Lipinski definition) is 1. The highest BCUT2D eigenvalue weighted by Gasteiger charge is 2.12. The first-order valence-electron chi connectivity index (χ1n) is 4.47. The van der Waals surface area contributed by atoms with Crippen LogP contribution in [0.15, 0.2) is 0 Å². The van der Waals surface area contributed by atoms with Crippen LogP contribution in [-0.2, 0) is 0 Å². The molecule has 0 heterocycles. The number of hydrogen-bond acceptors (Lipinski definition) is 1. The van der Waals surface area contributed by atoms with E-state index in [1.807, 2.05) is 0 Å². The molecule has 0 saturated heterocycles. The molecule has 0 spiro atoms. The second-order valence-corrected chi connectivity index (χ2v) is 4.03. The van der Waals surface area contributed by atoms with Crippen molar-refractivity contribution in [2.24, 2.45) is 17.6 Å². The van der Waals surface area contributed by atoms with Crippen molar-refractivity contribution < 1.29 is 4.79 Å². The van der Waals surface area contributed by atoms with Crippen LogP contribution in [-0.4, -0.2) is 24.0 Å². The van der Waals surface area contributed by atoms with Gasteiger partial charge < -0.3 is 10.6 Å². The van der Waals surface area contributed by atoms with E-state index in [1.54, 1.807) is 4.90 Å². The van der Waals surface area contributed by atoms with Crippen molar-refractivity contribution in [3.8, 4) is 0 Å². The second-order valence-electron chi connectivity index (χ2n) is 4.03. The molecule has 0 aromatic carbocycles. The van der Waals surface area contributed by atoms with Gasteiger partial charge in [-0.3, -0.25) is 0 Å². The molecule has 0 unspecified atom stereocenters. The van der Waals surface area contributed by atoms with Gasteiger partial charge in [0.05, 0.1) is 0 Å². The molecular weight excluding hydrogens is 188 g/mol. The van der Waals surface area contributed by atoms with E-state index in [0.717, 1.165) is 13.1 Å². The first-order chi connectivity index (χ1) is 5.43. The second kappa shape index (κ2) is 7.01. The Hall–Kier alpha value is -0.440. The molecule has 0 aliphatic heterocycles. The molecule has 2 amide bonds. The zero-order valence-electron chi connectivity index (χ0n) is 8.91. The number of carbonyl (C=O) groups excluding carboxylic acids is 1. The molecule has 4 heteroatoms. The molecule has 0 aromatic heterocycles. The quantitative estimate of drug-likeness (QED) is 0.756. The van der Waals surface area contributed by atoms with Crippen LogP contribution >= 0.6 is 12.4 Å². The Morgan fingerprint density at radius 3 is 1.62 bits per heavy atom. The number of primary amides is 1. The Bertz CT molecular complexity index is 139. The Balaban J connectivity index is 0. The SMILES string of the molecule is CC(C)CN(CC(C)C)C(N)=O.Cl. The molecule has 0 fully saturated rings. The van der Waals surface area contributed by atoms with Gasteiger partial charge in [-0.15, -0.1) is 12.4 Å². The maximum Gasteiger partial charge on any atom is 0.314 e. The van der Waals surface area contributed by atoms with E-state index >= 15 is 0 Å². The number of carbonyl (C=O) groups is 1. The van der Waals surface area contributed by atoms with Crippen LogP contribution in [0, 0.1) is 11.8 Å². The van der Waals surface area contributed by atoms with E-state index in [-0.39, 0.29) is 18.4 Å². The minimum absolute atomic E-state index is 0. The molecule has 0 radical (unpaired) electrons. The minimum atomic E-state index is -0.308. The van der Waals surface area contributed by atoms with Crippen molar-refractivity contribution in [2.45, 2.75) is 27.7 Å². The van der Waals surface area contributed by atoms with Crippen molar-refractivity contribution >= 4 is 18.4 Å². The first-order valence-corrected chi connectivity index (χ1v) is 4.47. The van der Waals surface area contributed by atoms with Crippen LogP contribution in [0.25, 0.3) is 0 Å². The Labute approximate surface area is 87.1 Å². The lowest BCUT2D eigenvalue weighted by Gasteiger charge is -2.24. The lowest BCUT2D eigenvalue weighted by molar-refractivity contribution is 0.192. The fraction of sp³-hybridized carbons (Fsp3) is 0.889. The fourth-order valence-corrected chi connectivity index (χ4v) is 1.14. The van der Waals surface area contributed by atoms with Gasteiger partial charge in [0.25, 0.3) is 0 Å². The number of urea groups is 1. The van der Waals surface area contributed by atoms with E-state index < -0.39 is 0 Å². The molecule has 0 aliphatic rings. The maximum atomic E-state index is 10.9. The van der Waals surface area contributed by atoms with Crippen molar-refractivity contribution in [1.82, 2.24) is 4.90 Å². The van der Waals surface area contributed by atoms with Crippen molar-refractivity contribution in [3.63, 3.8) is 0 Å². The van der Waals surface area contributed by atoms with E-state index in [2.05, 4.69) is 27.7 Å². The monoisotopic (exact) mass is 208 g/mol. The number of nitrogens with zero attached hydrogens (tertiary/aromatic N) is 1. The maximum absolute atomic E-state index is 10.9. The lowest BCUT2D eigenvalue weighted by atomic mass is 10.1. The summed E-state index contributed by atoms with van der Waals surface area (Å²) in [6, 6.07) is -0.308. The third kappa shape index (κ3) is 7.91. The number of halogens is 1. The van der Waals surface area contributed by atoms with Gasteiger partial charge in [-0.05, 0) is 11.8 Å². The fourth-order valence-electron chi connectivity index (χ4n) is 1.14. The molecule has 0 bridgehead atoms. The summed E-state index contributed by atoms with van der Waals surface area (Å²) in [5.41, 5.74) is 5.22. The number of rotatable bonds is 4. The summed E-state index contributed by atoms with van der Waals surface area (Å²) in [6.07, 6.45) is 0. The highest BCUT2D eigenvalue weighted by molar-refractivity contribution is 5.85. The number of nitrogens with two attached hydrogens (primary N) is 1. The van der Waals surface area contributed by atoms with Gasteiger partial charge in [0.15, 0.2) is 0 Å². The third-order valence-electron chi connectivity index (χ3n) is 1.48. The Morgan fingerprint density at radius 1 is 1.15 bits per heavy atom. The van der Waals surface area contributed by atoms with E-state index in [4.69, 9.17) is 5.73 Å². The molecular formula is C9H21ClN2O. The standard InChI is InChI=1S/C9H20N2O.ClH/c1-7(2)5-11(9(10)12)6-8(3)4;/h7-8H,5-6H2,1-4H3,(H2,10,12);1H. The van der Waals surface area contributed by atoms with Crippen molar-refractivity contribution in [1.29, 1.82) is 0 Å². The Kier molecular flexibility index (Phi) is 8.12. The van der Waals surface area contributed by atoms with Gasteiger partial charge in [0, 0.05) is 13.1 Å². The van der Waals surface area contributed by atoms with Gasteiger partial charge in [-0.1, -0.05) is 27.7 Å². The molecule has 0 aromatic rings. The van der Waals surface area contributed by atoms with E-state index in [9.17, 15) is 4.79 Å². The molecule has 13 heavy (non-hydrogen) atoms. The van der Waals surface area contributed by atoms with Gasteiger partial charge in [-0.2, -0.15) is 0 Å². The van der Waals surface area contributed by atoms with Crippen molar-refractivity contribution in [2.75, 3.05) is 13.1 Å². The lowest BCUT2D eigenvalue weighted by Crippen LogP contribution is -2.40. The Morgan fingerprint density at radius 2 is 1.46 bits per heavy atom. The summed E-state index contributed by atoms with van der Waals surface area (Å²) >= 11 is 0. The highest BCUT2D eigenvalue weighted by Crippen LogP contribution is 2.02. The summed E-state index contributed by atoms with van der Waals surface area (Å²) in [6.45, 7) is 9.83. The summed E-state index contributed by atoms with van der Waals surface area (Å²) in [7, 11) is 0. The van der Waals surface area contributed by atoms with Gasteiger partial charge in [0.2, 0.25) is 0 Å². The highest BCUT2D eigenvalue weighted by atomic mass is 35.5. The minimum Gasteiger partial charge on any atom is -0.351 e. The zero-order valence-corrected chi connectivity index (χ0v) is 9.73. The normalized spacial score (nSPS) is 10.0. The predicted molar refractivity (Wildman–Crippen MR) is 58.1 cm³/mol. The van der Waals surface area contributed by atoms with Gasteiger partial charge >= 0.3 is 6.03 Å². The largest absolute Gasteiger partial charge is 0.351 e. The van der Waals surface area contributed by atoms with Crippen LogP contribution in [0.3, 0.4) is 0 Å². The van der Waals surface area contributed by atoms with Gasteiger partial charge in [-0.25, -0.2) is 4.79 Å². The van der Waals surface area contributed by atoms with Crippen LogP contribution < -0.4 is 5.73 Å². The average molecular weight is 209 g/mol. The van der Waals surface area contributed by atoms with Crippen LogP contribution in [0.4, 0.5) is 4.79 Å². The summed E-state index contributed by atoms with van der Waals surface area (Å²) in [5, 5.41) is 0. The summed E-state index contributed by atoms with van der Waals surface area (Å²) < 4.78 is 0. The van der Waals surface area contributed by atoms with Crippen LogP contribution in [0.1, 0.15) is 27.7 Å². The van der Waals surface area contributed by atoms with Gasteiger partial charge in [0.1, 0.15) is 0 Å². The summed E-state index contributed by atoms with van der Waals surface area (Å²) in [4.78, 5) is 12.6. The molecule has 0 rings (SSSR count). The zero-order chi connectivity index (χ0) is 9.72. The molecule has 0 saturated carbocycles. The third-order valence-corrected chi connectivity index (χ3v) is 1.48. The molecule has 0 atom stereocenters. The first kappa shape index (κ1) is 15.1. The molecule has 80 valence electrons. The van der Waals surface area contributed by atoms with E-state index in [1.165, 1.54) is 0 Å². The van der Waals surface area contributed by atoms with Crippen molar-refractivity contribution in [3.05, 3.63) is 0 Å². The molecule has 2 N–H and O–H groups in total. The molecule has 0 aliphatic carbocycles. The van der Waals surface area contributed by atoms with Crippen LogP contribution in [0.2, 0.25) is 0 Å². The van der Waals surface area contributed by atoms with Crippen LogP contribution in [0.5, 0.6) is 0 Å². The average Bonchev–Trinajstić information content (AvgIpc) is 1.83. The molecule has 3 nitrogen and oxygen atoms in total. The predicted octanol–water partition coefficient (Wildman–Crippen LogP) is 2.10. The smallest absolute Gasteiger partial charge is 0.314 e. The van der Waals surface area contributed by atoms with E-state index in [0.29, 0.717) is 11.8 Å². The number of amides is 2. The topological polar surface area (TPSA) is 46.3 Å². The summed E-state index contributed by atoms with van der Waals surface area (Å²) in [5.74, 6) is 0.965.